The molecule has 0 aromatic carbocycles. The summed E-state index contributed by atoms with van der Waals surface area (Å²) in [6.07, 6.45) is 8.23. The number of nitrogens with zero attached hydrogens (tertiary/aromatic N) is 2. The van der Waals surface area contributed by atoms with Crippen molar-refractivity contribution in [2.75, 3.05) is 0 Å². The molecule has 58 valence electrons. The molecular formula is C9H12N2. The highest BCUT2D eigenvalue weighted by Crippen LogP contribution is 2.01. The van der Waals surface area contributed by atoms with Crippen LogP contribution in [0.5, 0.6) is 0 Å². The summed E-state index contributed by atoms with van der Waals surface area (Å²) in [5.41, 5.74) is 0.732. The van der Waals surface area contributed by atoms with Crippen molar-refractivity contribution in [3.63, 3.8) is 0 Å². The van der Waals surface area contributed by atoms with E-state index in [-0.39, 0.29) is 0 Å². The third kappa shape index (κ3) is 1.62. The van der Waals surface area contributed by atoms with Crippen molar-refractivity contribution in [1.82, 2.24) is 9.55 Å². The second kappa shape index (κ2) is 3.25. The van der Waals surface area contributed by atoms with E-state index in [9.17, 15) is 0 Å². The molecule has 2 heteroatoms. The van der Waals surface area contributed by atoms with Crippen molar-refractivity contribution in [3.05, 3.63) is 17.7 Å². The standard InChI is InChI=1S/C9H12N2/c1-4-6-11-7-9(5-2)10-8(11)3/h2,7H,4,6H2,1,3H3. The van der Waals surface area contributed by atoms with Gasteiger partial charge in [-0.2, -0.15) is 0 Å². The maximum Gasteiger partial charge on any atom is 0.131 e. The topological polar surface area (TPSA) is 17.8 Å². The molecule has 2 nitrogen and oxygen atoms in total. The first-order valence-electron chi connectivity index (χ1n) is 3.78. The predicted molar refractivity (Wildman–Crippen MR) is 45.2 cm³/mol. The van der Waals surface area contributed by atoms with Crippen LogP contribution < -0.4 is 0 Å². The number of hydrogen-bond donors (Lipinski definition) is 0. The van der Waals surface area contributed by atoms with E-state index in [4.69, 9.17) is 6.42 Å². The van der Waals surface area contributed by atoms with Gasteiger partial charge in [0.2, 0.25) is 0 Å². The summed E-state index contributed by atoms with van der Waals surface area (Å²) < 4.78 is 2.08. The number of rotatable bonds is 2. The van der Waals surface area contributed by atoms with Crippen LogP contribution in [-0.2, 0) is 6.54 Å². The van der Waals surface area contributed by atoms with Crippen LogP contribution in [0.15, 0.2) is 6.20 Å². The molecule has 0 saturated heterocycles. The SMILES string of the molecule is C#Cc1cn(CCC)c(C)n1. The van der Waals surface area contributed by atoms with E-state index in [2.05, 4.69) is 22.4 Å². The highest BCUT2D eigenvalue weighted by atomic mass is 15.1. The average molecular weight is 148 g/mol. The number of hydrogen-bond acceptors (Lipinski definition) is 1. The fourth-order valence-corrected chi connectivity index (χ4v) is 1.05. The average Bonchev–Trinajstić information content (AvgIpc) is 2.33. The number of imidazole rings is 1. The largest absolute Gasteiger partial charge is 0.334 e. The van der Waals surface area contributed by atoms with Gasteiger partial charge in [-0.3, -0.25) is 0 Å². The minimum Gasteiger partial charge on any atom is -0.334 e. The van der Waals surface area contributed by atoms with Crippen LogP contribution in [0.2, 0.25) is 0 Å². The molecule has 0 atom stereocenters. The lowest BCUT2D eigenvalue weighted by atomic mass is 10.4. The molecule has 0 spiro atoms. The van der Waals surface area contributed by atoms with E-state index in [0.717, 1.165) is 24.5 Å². The molecule has 0 aliphatic rings. The summed E-state index contributed by atoms with van der Waals surface area (Å²) in [6, 6.07) is 0. The van der Waals surface area contributed by atoms with Crippen LogP contribution in [0, 0.1) is 19.3 Å². The minimum atomic E-state index is 0.732. The zero-order valence-corrected chi connectivity index (χ0v) is 6.96. The maximum atomic E-state index is 5.20. The Labute approximate surface area is 67.3 Å². The molecule has 0 amide bonds. The zero-order valence-electron chi connectivity index (χ0n) is 6.96. The Balaban J connectivity index is 2.90. The lowest BCUT2D eigenvalue weighted by Crippen LogP contribution is -1.96. The number of aromatic nitrogens is 2. The quantitative estimate of drug-likeness (QED) is 0.582. The van der Waals surface area contributed by atoms with Gasteiger partial charge in [0.25, 0.3) is 0 Å². The predicted octanol–water partition coefficient (Wildman–Crippen LogP) is 1.58. The van der Waals surface area contributed by atoms with Crippen LogP contribution in [0.1, 0.15) is 24.9 Å². The van der Waals surface area contributed by atoms with Gasteiger partial charge in [-0.05, 0) is 19.3 Å². The maximum absolute atomic E-state index is 5.20. The highest BCUT2D eigenvalue weighted by Gasteiger charge is 1.98. The van der Waals surface area contributed by atoms with Gasteiger partial charge < -0.3 is 4.57 Å². The Morgan fingerprint density at radius 2 is 2.45 bits per heavy atom. The Morgan fingerprint density at radius 3 is 2.91 bits per heavy atom. The number of terminal acetylenes is 1. The first-order chi connectivity index (χ1) is 5.27. The molecule has 11 heavy (non-hydrogen) atoms. The van der Waals surface area contributed by atoms with E-state index in [1.165, 1.54) is 0 Å². The molecule has 1 aromatic rings. The third-order valence-corrected chi connectivity index (χ3v) is 1.59. The summed E-state index contributed by atoms with van der Waals surface area (Å²) in [7, 11) is 0. The summed E-state index contributed by atoms with van der Waals surface area (Å²) in [4.78, 5) is 4.17. The first-order valence-corrected chi connectivity index (χ1v) is 3.78. The summed E-state index contributed by atoms with van der Waals surface area (Å²) in [5.74, 6) is 3.51. The molecule has 0 aliphatic carbocycles. The lowest BCUT2D eigenvalue weighted by molar-refractivity contribution is 0.658. The number of aryl methyl sites for hydroxylation is 2. The van der Waals surface area contributed by atoms with Crippen molar-refractivity contribution >= 4 is 0 Å². The molecule has 0 N–H and O–H groups in total. The molecule has 0 fully saturated rings. The Bertz CT molecular complexity index is 278. The van der Waals surface area contributed by atoms with Gasteiger partial charge in [-0.25, -0.2) is 4.98 Å². The molecular weight excluding hydrogens is 136 g/mol. The Kier molecular flexibility index (Phi) is 2.32. The molecule has 0 saturated carbocycles. The van der Waals surface area contributed by atoms with E-state index in [0.29, 0.717) is 0 Å². The summed E-state index contributed by atoms with van der Waals surface area (Å²) in [5, 5.41) is 0. The molecule has 0 unspecified atom stereocenters. The van der Waals surface area contributed by atoms with Crippen molar-refractivity contribution < 1.29 is 0 Å². The van der Waals surface area contributed by atoms with Crippen LogP contribution in [-0.4, -0.2) is 9.55 Å². The zero-order chi connectivity index (χ0) is 8.27. The fourth-order valence-electron chi connectivity index (χ4n) is 1.05. The fraction of sp³-hybridized carbons (Fsp3) is 0.444. The van der Waals surface area contributed by atoms with Gasteiger partial charge in [0.1, 0.15) is 11.5 Å². The van der Waals surface area contributed by atoms with Gasteiger partial charge in [0.15, 0.2) is 0 Å². The lowest BCUT2D eigenvalue weighted by Gasteiger charge is -1.98. The third-order valence-electron chi connectivity index (χ3n) is 1.59. The van der Waals surface area contributed by atoms with Crippen LogP contribution in [0.3, 0.4) is 0 Å². The molecule has 0 radical (unpaired) electrons. The van der Waals surface area contributed by atoms with Gasteiger partial charge in [-0.15, -0.1) is 6.42 Å². The van der Waals surface area contributed by atoms with E-state index < -0.39 is 0 Å². The normalized spacial score (nSPS) is 9.55. The Morgan fingerprint density at radius 1 is 1.73 bits per heavy atom. The van der Waals surface area contributed by atoms with E-state index in [1.807, 2.05) is 13.1 Å². The summed E-state index contributed by atoms with van der Waals surface area (Å²) >= 11 is 0. The molecule has 1 rings (SSSR count). The minimum absolute atomic E-state index is 0.732. The van der Waals surface area contributed by atoms with Gasteiger partial charge in [0, 0.05) is 12.7 Å². The highest BCUT2D eigenvalue weighted by molar-refractivity contribution is 5.22. The van der Waals surface area contributed by atoms with E-state index in [1.54, 1.807) is 0 Å². The second-order valence-corrected chi connectivity index (χ2v) is 2.51. The second-order valence-electron chi connectivity index (χ2n) is 2.51. The summed E-state index contributed by atoms with van der Waals surface area (Å²) in [6.45, 7) is 5.10. The van der Waals surface area contributed by atoms with E-state index >= 15 is 0 Å². The van der Waals surface area contributed by atoms with Crippen molar-refractivity contribution in [3.8, 4) is 12.3 Å². The Hall–Kier alpha value is -1.23. The van der Waals surface area contributed by atoms with Crippen LogP contribution in [0.4, 0.5) is 0 Å². The van der Waals surface area contributed by atoms with Crippen LogP contribution in [0.25, 0.3) is 0 Å². The van der Waals surface area contributed by atoms with Crippen LogP contribution >= 0.6 is 0 Å². The van der Waals surface area contributed by atoms with Gasteiger partial charge >= 0.3 is 0 Å². The molecule has 0 bridgehead atoms. The van der Waals surface area contributed by atoms with Crippen molar-refractivity contribution in [2.24, 2.45) is 0 Å². The van der Waals surface area contributed by atoms with Gasteiger partial charge in [-0.1, -0.05) is 6.92 Å². The van der Waals surface area contributed by atoms with Crippen molar-refractivity contribution in [1.29, 1.82) is 0 Å². The molecule has 1 heterocycles. The van der Waals surface area contributed by atoms with Crippen molar-refractivity contribution in [2.45, 2.75) is 26.8 Å². The monoisotopic (exact) mass is 148 g/mol. The smallest absolute Gasteiger partial charge is 0.131 e. The molecule has 1 aromatic heterocycles. The molecule has 0 aliphatic heterocycles. The van der Waals surface area contributed by atoms with Gasteiger partial charge in [0.05, 0.1) is 0 Å². The first kappa shape index (κ1) is 7.87.